The highest BCUT2D eigenvalue weighted by Gasteiger charge is 2.34. The van der Waals surface area contributed by atoms with E-state index in [1.807, 2.05) is 73.3 Å². The molecule has 0 bridgehead atoms. The van der Waals surface area contributed by atoms with Crippen molar-refractivity contribution in [2.45, 2.75) is 33.2 Å². The summed E-state index contributed by atoms with van der Waals surface area (Å²) in [6.07, 6.45) is 0.982. The molecule has 6 nitrogen and oxygen atoms in total. The summed E-state index contributed by atoms with van der Waals surface area (Å²) in [5, 5.41) is 8.45. The maximum Gasteiger partial charge on any atom is 0.258 e. The molecule has 0 amide bonds. The summed E-state index contributed by atoms with van der Waals surface area (Å²) in [4.78, 5) is 6.82. The van der Waals surface area contributed by atoms with Gasteiger partial charge in [0.1, 0.15) is 5.75 Å². The topological polar surface area (TPSA) is 63.4 Å². The van der Waals surface area contributed by atoms with Gasteiger partial charge in [-0.1, -0.05) is 54.5 Å². The molecule has 0 saturated heterocycles. The van der Waals surface area contributed by atoms with E-state index < -0.39 is 0 Å². The van der Waals surface area contributed by atoms with Crippen molar-refractivity contribution in [3.8, 4) is 17.1 Å². The molecule has 5 rings (SSSR count). The molecule has 1 aromatic heterocycles. The third-order valence-corrected chi connectivity index (χ3v) is 6.60. The minimum Gasteiger partial charge on any atom is -0.494 e. The first-order chi connectivity index (χ1) is 17.6. The Bertz CT molecular complexity index is 1380. The number of para-hydroxylation sites is 1. The average Bonchev–Trinajstić information content (AvgIpc) is 3.39. The van der Waals surface area contributed by atoms with Crippen molar-refractivity contribution in [2.24, 2.45) is 0 Å². The Kier molecular flexibility index (Phi) is 6.82. The highest BCUT2D eigenvalue weighted by Crippen LogP contribution is 2.39. The van der Waals surface area contributed by atoms with Gasteiger partial charge in [-0.3, -0.25) is 4.90 Å². The van der Waals surface area contributed by atoms with Crippen LogP contribution in [-0.4, -0.2) is 21.9 Å². The molecule has 3 aromatic carbocycles. The van der Waals surface area contributed by atoms with Crippen LogP contribution in [0, 0.1) is 0 Å². The molecule has 2 heterocycles. The van der Waals surface area contributed by atoms with Gasteiger partial charge < -0.3 is 14.6 Å². The predicted molar refractivity (Wildman–Crippen MR) is 147 cm³/mol. The first-order valence-corrected chi connectivity index (χ1v) is 12.5. The molecule has 0 fully saturated rings. The van der Waals surface area contributed by atoms with Crippen molar-refractivity contribution in [3.63, 3.8) is 0 Å². The molecule has 1 N–H and O–H groups in total. The Morgan fingerprint density at radius 3 is 2.36 bits per heavy atom. The van der Waals surface area contributed by atoms with E-state index in [0.717, 1.165) is 40.3 Å². The van der Waals surface area contributed by atoms with Crippen LogP contribution in [0.5, 0.6) is 5.75 Å². The minimum atomic E-state index is -0.225. The number of nitrogens with one attached hydrogen (secondary N) is 1. The number of benzene rings is 3. The zero-order valence-electron chi connectivity index (χ0n) is 20.6. The quantitative estimate of drug-likeness (QED) is 0.291. The van der Waals surface area contributed by atoms with Crippen molar-refractivity contribution in [2.75, 3.05) is 11.5 Å². The number of rotatable bonds is 7. The van der Waals surface area contributed by atoms with Crippen LogP contribution in [0.1, 0.15) is 43.8 Å². The fourth-order valence-corrected chi connectivity index (χ4v) is 4.78. The molecule has 1 atom stereocenters. The van der Waals surface area contributed by atoms with Crippen LogP contribution in [0.4, 0.5) is 5.69 Å². The number of hydrogen-bond acceptors (Lipinski definition) is 5. The highest BCUT2D eigenvalue weighted by molar-refractivity contribution is 7.80. The summed E-state index contributed by atoms with van der Waals surface area (Å²) in [7, 11) is 0. The maximum absolute atomic E-state index is 5.86. The Morgan fingerprint density at radius 2 is 1.69 bits per heavy atom. The minimum absolute atomic E-state index is 0.225. The van der Waals surface area contributed by atoms with Crippen molar-refractivity contribution in [1.82, 2.24) is 15.5 Å². The molecular weight excluding hydrogens is 468 g/mol. The largest absolute Gasteiger partial charge is 0.494 e. The first kappa shape index (κ1) is 23.8. The number of ether oxygens (including phenoxy) is 1. The third kappa shape index (κ3) is 4.62. The lowest BCUT2D eigenvalue weighted by Gasteiger charge is -2.37. The van der Waals surface area contributed by atoms with Crippen LogP contribution in [0.3, 0.4) is 0 Å². The summed E-state index contributed by atoms with van der Waals surface area (Å²) in [6, 6.07) is 26.1. The Labute approximate surface area is 216 Å². The van der Waals surface area contributed by atoms with Gasteiger partial charge in [-0.05, 0) is 80.0 Å². The second-order valence-corrected chi connectivity index (χ2v) is 8.91. The fraction of sp³-hybridized carbons (Fsp3) is 0.207. The molecule has 1 aliphatic heterocycles. The molecule has 4 aromatic rings. The van der Waals surface area contributed by atoms with Gasteiger partial charge >= 0.3 is 0 Å². The lowest BCUT2D eigenvalue weighted by molar-refractivity contribution is 0.340. The van der Waals surface area contributed by atoms with Crippen molar-refractivity contribution in [3.05, 3.63) is 102 Å². The summed E-state index contributed by atoms with van der Waals surface area (Å²) in [6.45, 7) is 6.78. The van der Waals surface area contributed by atoms with Crippen molar-refractivity contribution in [1.29, 1.82) is 0 Å². The van der Waals surface area contributed by atoms with Gasteiger partial charge in [0.15, 0.2) is 5.11 Å². The fourth-order valence-electron chi connectivity index (χ4n) is 4.42. The van der Waals surface area contributed by atoms with Crippen LogP contribution in [-0.2, 0) is 6.42 Å². The van der Waals surface area contributed by atoms with E-state index in [4.69, 9.17) is 26.5 Å². The van der Waals surface area contributed by atoms with Gasteiger partial charge in [0.25, 0.3) is 5.89 Å². The standard InChI is InChI=1S/C29H28N4O2S/c1-4-20-11-13-21(14-12-20)26-25(19(3)33(29(36)30-26)23-9-7-6-8-10-23)28-31-27(32-35-28)22-15-17-24(18-16-22)34-5-2/h6-18,26H,4-5H2,1-3H3,(H,30,36). The van der Waals surface area contributed by atoms with E-state index in [1.54, 1.807) is 0 Å². The first-order valence-electron chi connectivity index (χ1n) is 12.1. The molecule has 1 unspecified atom stereocenters. The number of nitrogens with zero attached hydrogens (tertiary/aromatic N) is 3. The van der Waals surface area contributed by atoms with E-state index in [9.17, 15) is 0 Å². The predicted octanol–water partition coefficient (Wildman–Crippen LogP) is 6.56. The van der Waals surface area contributed by atoms with Crippen LogP contribution >= 0.6 is 12.2 Å². The van der Waals surface area contributed by atoms with Crippen LogP contribution in [0.25, 0.3) is 17.0 Å². The second kappa shape index (κ2) is 10.3. The van der Waals surface area contributed by atoms with Gasteiger partial charge in [-0.25, -0.2) is 0 Å². The van der Waals surface area contributed by atoms with Crippen molar-refractivity contribution >= 4 is 28.6 Å². The number of thiocarbonyl (C=S) groups is 1. The van der Waals surface area contributed by atoms with E-state index >= 15 is 0 Å². The van der Waals surface area contributed by atoms with Gasteiger partial charge in [0, 0.05) is 16.9 Å². The highest BCUT2D eigenvalue weighted by atomic mass is 32.1. The summed E-state index contributed by atoms with van der Waals surface area (Å²) in [5.74, 6) is 1.78. The van der Waals surface area contributed by atoms with E-state index in [-0.39, 0.29) is 6.04 Å². The van der Waals surface area contributed by atoms with Gasteiger partial charge in [0.2, 0.25) is 5.82 Å². The molecule has 0 saturated carbocycles. The zero-order chi connectivity index (χ0) is 25.1. The Balaban J connectivity index is 1.59. The van der Waals surface area contributed by atoms with Crippen LogP contribution in [0.15, 0.2) is 89.1 Å². The van der Waals surface area contributed by atoms with Crippen molar-refractivity contribution < 1.29 is 9.26 Å². The SMILES string of the molecule is CCOc1ccc(-c2noc(C3=C(C)N(c4ccccc4)C(=S)NC3c3ccc(CC)cc3)n2)cc1. The average molecular weight is 497 g/mol. The lowest BCUT2D eigenvalue weighted by atomic mass is 9.93. The third-order valence-electron chi connectivity index (χ3n) is 6.30. The summed E-state index contributed by atoms with van der Waals surface area (Å²) in [5.41, 5.74) is 6.02. The number of aromatic nitrogens is 2. The number of anilines is 1. The normalized spacial score (nSPS) is 15.7. The zero-order valence-corrected chi connectivity index (χ0v) is 21.4. The number of allylic oxidation sites excluding steroid dienone is 1. The maximum atomic E-state index is 5.86. The Morgan fingerprint density at radius 1 is 0.972 bits per heavy atom. The second-order valence-electron chi connectivity index (χ2n) is 8.53. The molecule has 0 radical (unpaired) electrons. The van der Waals surface area contributed by atoms with E-state index in [0.29, 0.717) is 23.4 Å². The molecule has 7 heteroatoms. The number of hydrogen-bond donors (Lipinski definition) is 1. The summed E-state index contributed by atoms with van der Waals surface area (Å²) < 4.78 is 11.4. The smallest absolute Gasteiger partial charge is 0.258 e. The van der Waals surface area contributed by atoms with Gasteiger partial charge in [-0.2, -0.15) is 4.98 Å². The van der Waals surface area contributed by atoms with E-state index in [1.165, 1.54) is 5.56 Å². The molecule has 36 heavy (non-hydrogen) atoms. The molecule has 0 spiro atoms. The van der Waals surface area contributed by atoms with Gasteiger partial charge in [0.05, 0.1) is 18.2 Å². The van der Waals surface area contributed by atoms with Crippen LogP contribution in [0.2, 0.25) is 0 Å². The monoisotopic (exact) mass is 496 g/mol. The number of aryl methyl sites for hydroxylation is 1. The summed E-state index contributed by atoms with van der Waals surface area (Å²) >= 11 is 5.83. The molecular formula is C29H28N4O2S. The Hall–Kier alpha value is -3.97. The van der Waals surface area contributed by atoms with Gasteiger partial charge in [-0.15, -0.1) is 0 Å². The lowest BCUT2D eigenvalue weighted by Crippen LogP contribution is -2.46. The molecule has 1 aliphatic rings. The molecule has 182 valence electrons. The van der Waals surface area contributed by atoms with E-state index in [2.05, 4.69) is 41.7 Å². The molecule has 0 aliphatic carbocycles. The van der Waals surface area contributed by atoms with Crippen LogP contribution < -0.4 is 15.0 Å².